The van der Waals surface area contributed by atoms with Gasteiger partial charge in [0.05, 0.1) is 5.56 Å². The van der Waals surface area contributed by atoms with Gasteiger partial charge < -0.3 is 14.6 Å². The zero-order valence-electron chi connectivity index (χ0n) is 19.0. The zero-order valence-corrected chi connectivity index (χ0v) is 19.8. The molecule has 0 atom stereocenters. The highest BCUT2D eigenvalue weighted by Crippen LogP contribution is 2.30. The van der Waals surface area contributed by atoms with Gasteiger partial charge >= 0.3 is 6.18 Å². The normalized spacial score (nSPS) is 11.2. The van der Waals surface area contributed by atoms with Crippen molar-refractivity contribution in [3.05, 3.63) is 84.1 Å². The van der Waals surface area contributed by atoms with Crippen LogP contribution in [-0.2, 0) is 6.18 Å². The number of halogens is 5. The van der Waals surface area contributed by atoms with Crippen LogP contribution in [0.25, 0.3) is 11.4 Å². The summed E-state index contributed by atoms with van der Waals surface area (Å²) < 4.78 is 60.3. The fraction of sp³-hybridized carbons (Fsp3) is 0.167. The van der Waals surface area contributed by atoms with Gasteiger partial charge in [-0.25, -0.2) is 9.37 Å². The predicted molar refractivity (Wildman–Crippen MR) is 127 cm³/mol. The molecule has 188 valence electrons. The summed E-state index contributed by atoms with van der Waals surface area (Å²) in [5.41, 5.74) is -0.410. The van der Waals surface area contributed by atoms with Gasteiger partial charge in [-0.1, -0.05) is 18.2 Å². The van der Waals surface area contributed by atoms with Crippen LogP contribution in [0.3, 0.4) is 0 Å². The number of carbonyl (C=O) groups excluding carboxylic acids is 1. The van der Waals surface area contributed by atoms with Crippen molar-refractivity contribution in [1.29, 1.82) is 0 Å². The lowest BCUT2D eigenvalue weighted by molar-refractivity contribution is -0.141. The maximum absolute atomic E-state index is 14.4. The number of ether oxygens (including phenoxy) is 1. The summed E-state index contributed by atoms with van der Waals surface area (Å²) in [6, 6.07) is 13.3. The summed E-state index contributed by atoms with van der Waals surface area (Å²) in [6.07, 6.45) is -3.05. The summed E-state index contributed by atoms with van der Waals surface area (Å²) in [7, 11) is 0. The standard InChI is InChI=1S/C24H19F4N5O2.ClH/c1-14(2)33-13-29-32-22(33)15-5-3-6-16(11-15)30-23(34)18-12-17(9-10-19(18)25)35-21-8-4-7-20(31-21)24(26,27)28;/h3-14H,1-2H3,(H,30,34);1H. The number of carbonyl (C=O) groups is 1. The zero-order chi connectivity index (χ0) is 25.2. The van der Waals surface area contributed by atoms with E-state index in [1.807, 2.05) is 18.4 Å². The molecule has 4 rings (SSSR count). The van der Waals surface area contributed by atoms with Crippen LogP contribution in [0.2, 0.25) is 0 Å². The van der Waals surface area contributed by atoms with Crippen molar-refractivity contribution in [3.8, 4) is 23.0 Å². The van der Waals surface area contributed by atoms with Crippen LogP contribution in [0, 0.1) is 5.82 Å². The minimum absolute atomic E-state index is 0. The van der Waals surface area contributed by atoms with Gasteiger partial charge in [0.2, 0.25) is 5.88 Å². The lowest BCUT2D eigenvalue weighted by Gasteiger charge is -2.12. The third kappa shape index (κ3) is 5.98. The van der Waals surface area contributed by atoms with Gasteiger partial charge in [-0.15, -0.1) is 22.6 Å². The minimum Gasteiger partial charge on any atom is -0.439 e. The highest BCUT2D eigenvalue weighted by atomic mass is 35.5. The van der Waals surface area contributed by atoms with E-state index in [0.717, 1.165) is 24.3 Å². The van der Waals surface area contributed by atoms with E-state index < -0.39 is 23.6 Å². The Kier molecular flexibility index (Phi) is 7.93. The highest BCUT2D eigenvalue weighted by molar-refractivity contribution is 6.05. The van der Waals surface area contributed by atoms with Crippen molar-refractivity contribution in [1.82, 2.24) is 19.7 Å². The van der Waals surface area contributed by atoms with Crippen molar-refractivity contribution in [2.75, 3.05) is 5.32 Å². The number of nitrogens with one attached hydrogen (secondary N) is 1. The Labute approximate surface area is 209 Å². The van der Waals surface area contributed by atoms with Gasteiger partial charge in [0.25, 0.3) is 5.91 Å². The van der Waals surface area contributed by atoms with E-state index in [4.69, 9.17) is 4.74 Å². The Bertz CT molecular complexity index is 1370. The lowest BCUT2D eigenvalue weighted by Crippen LogP contribution is -2.14. The first-order chi connectivity index (χ1) is 16.6. The molecule has 0 aliphatic heterocycles. The van der Waals surface area contributed by atoms with E-state index >= 15 is 0 Å². The second kappa shape index (κ2) is 10.7. The van der Waals surface area contributed by atoms with E-state index in [9.17, 15) is 22.4 Å². The Balaban J connectivity index is 0.00000361. The van der Waals surface area contributed by atoms with Crippen LogP contribution in [0.15, 0.2) is 67.0 Å². The van der Waals surface area contributed by atoms with Crippen LogP contribution in [0.1, 0.15) is 35.9 Å². The number of hydrogen-bond donors (Lipinski definition) is 1. The summed E-state index contributed by atoms with van der Waals surface area (Å²) in [6.45, 7) is 3.95. The van der Waals surface area contributed by atoms with Crippen molar-refractivity contribution in [2.24, 2.45) is 0 Å². The van der Waals surface area contributed by atoms with Gasteiger partial charge in [0.1, 0.15) is 23.6 Å². The Morgan fingerprint density at radius 2 is 1.81 bits per heavy atom. The molecule has 0 aliphatic carbocycles. The van der Waals surface area contributed by atoms with E-state index in [1.165, 1.54) is 12.1 Å². The third-order valence-electron chi connectivity index (χ3n) is 4.93. The molecule has 0 saturated carbocycles. The van der Waals surface area contributed by atoms with Gasteiger partial charge in [0.15, 0.2) is 5.82 Å². The third-order valence-corrected chi connectivity index (χ3v) is 4.93. The molecule has 4 aromatic rings. The average molecular weight is 522 g/mol. The fourth-order valence-electron chi connectivity index (χ4n) is 3.25. The molecule has 2 aromatic heterocycles. The molecular formula is C24H20ClF4N5O2. The van der Waals surface area contributed by atoms with Gasteiger partial charge in [0, 0.05) is 23.4 Å². The Morgan fingerprint density at radius 3 is 2.53 bits per heavy atom. The SMILES string of the molecule is CC(C)n1cnnc1-c1cccc(NC(=O)c2cc(Oc3cccc(C(F)(F)F)n3)ccc2F)c1.Cl. The first-order valence-corrected chi connectivity index (χ1v) is 10.4. The molecule has 1 amide bonds. The number of pyridine rings is 1. The molecular weight excluding hydrogens is 502 g/mol. The Morgan fingerprint density at radius 1 is 1.06 bits per heavy atom. The van der Waals surface area contributed by atoms with E-state index in [2.05, 4.69) is 20.5 Å². The maximum atomic E-state index is 14.4. The summed E-state index contributed by atoms with van der Waals surface area (Å²) in [4.78, 5) is 16.2. The molecule has 7 nitrogen and oxygen atoms in total. The van der Waals surface area contributed by atoms with Crippen LogP contribution in [-0.4, -0.2) is 25.7 Å². The van der Waals surface area contributed by atoms with Crippen molar-refractivity contribution < 1.29 is 27.1 Å². The van der Waals surface area contributed by atoms with Crippen LogP contribution in [0.4, 0.5) is 23.2 Å². The van der Waals surface area contributed by atoms with E-state index in [-0.39, 0.29) is 35.6 Å². The number of rotatable bonds is 6. The van der Waals surface area contributed by atoms with Crippen LogP contribution < -0.4 is 10.1 Å². The summed E-state index contributed by atoms with van der Waals surface area (Å²) in [5, 5.41) is 10.7. The van der Waals surface area contributed by atoms with Crippen molar-refractivity contribution in [3.63, 3.8) is 0 Å². The molecule has 2 heterocycles. The summed E-state index contributed by atoms with van der Waals surface area (Å²) in [5.74, 6) is -1.40. The van der Waals surface area contributed by atoms with Gasteiger partial charge in [-0.3, -0.25) is 4.79 Å². The molecule has 0 bridgehead atoms. The number of anilines is 1. The van der Waals surface area contributed by atoms with Crippen LogP contribution >= 0.6 is 12.4 Å². The predicted octanol–water partition coefficient (Wildman–Crippen LogP) is 6.55. The monoisotopic (exact) mass is 521 g/mol. The largest absolute Gasteiger partial charge is 0.439 e. The fourth-order valence-corrected chi connectivity index (χ4v) is 3.25. The first kappa shape index (κ1) is 26.6. The second-order valence-electron chi connectivity index (χ2n) is 7.79. The molecule has 36 heavy (non-hydrogen) atoms. The topological polar surface area (TPSA) is 81.9 Å². The average Bonchev–Trinajstić information content (AvgIpc) is 3.31. The number of amides is 1. The van der Waals surface area contributed by atoms with Gasteiger partial charge in [-0.2, -0.15) is 13.2 Å². The second-order valence-corrected chi connectivity index (χ2v) is 7.79. The molecule has 0 fully saturated rings. The van der Waals surface area contributed by atoms with E-state index in [0.29, 0.717) is 17.1 Å². The maximum Gasteiger partial charge on any atom is 0.433 e. The van der Waals surface area contributed by atoms with E-state index in [1.54, 1.807) is 30.6 Å². The molecule has 0 radical (unpaired) electrons. The lowest BCUT2D eigenvalue weighted by atomic mass is 10.1. The van der Waals surface area contributed by atoms with Crippen LogP contribution in [0.5, 0.6) is 11.6 Å². The number of alkyl halides is 3. The number of hydrogen-bond acceptors (Lipinski definition) is 5. The summed E-state index contributed by atoms with van der Waals surface area (Å²) >= 11 is 0. The molecule has 1 N–H and O–H groups in total. The first-order valence-electron chi connectivity index (χ1n) is 10.4. The molecule has 0 spiro atoms. The van der Waals surface area contributed by atoms with Gasteiger partial charge in [-0.05, 0) is 50.2 Å². The number of aromatic nitrogens is 4. The smallest absolute Gasteiger partial charge is 0.433 e. The van der Waals surface area contributed by atoms with Crippen molar-refractivity contribution in [2.45, 2.75) is 26.1 Å². The molecule has 2 aromatic carbocycles. The number of nitrogens with zero attached hydrogens (tertiary/aromatic N) is 4. The highest BCUT2D eigenvalue weighted by Gasteiger charge is 2.32. The quantitative estimate of drug-likeness (QED) is 0.291. The number of benzene rings is 2. The minimum atomic E-state index is -4.65. The molecule has 0 aliphatic rings. The molecule has 0 unspecified atom stereocenters. The molecule has 0 saturated heterocycles. The van der Waals surface area contributed by atoms with Crippen molar-refractivity contribution >= 4 is 24.0 Å². The molecule has 12 heteroatoms. The Hall–Kier alpha value is -3.99.